The van der Waals surface area contributed by atoms with Gasteiger partial charge in [-0.1, -0.05) is 50.1 Å². The molecule has 1 heterocycles. The Bertz CT molecular complexity index is 662. The summed E-state index contributed by atoms with van der Waals surface area (Å²) < 4.78 is 15.6. The van der Waals surface area contributed by atoms with E-state index in [0.29, 0.717) is 18.3 Å². The molecule has 2 rings (SSSR count). The normalized spacial score (nSPS) is 16.3. The molecule has 0 spiro atoms. The van der Waals surface area contributed by atoms with Gasteiger partial charge < -0.3 is 14.0 Å². The fourth-order valence-electron chi connectivity index (χ4n) is 3.88. The first-order valence-electron chi connectivity index (χ1n) is 11.1. The van der Waals surface area contributed by atoms with Crippen molar-refractivity contribution in [1.29, 1.82) is 0 Å². The van der Waals surface area contributed by atoms with Crippen LogP contribution >= 0.6 is 0 Å². The van der Waals surface area contributed by atoms with Gasteiger partial charge in [-0.05, 0) is 33.1 Å². The van der Waals surface area contributed by atoms with Crippen molar-refractivity contribution >= 4 is 11.9 Å². The molecule has 30 heavy (non-hydrogen) atoms. The Morgan fingerprint density at radius 1 is 1.20 bits per heavy atom. The molecule has 0 saturated heterocycles. The van der Waals surface area contributed by atoms with Crippen molar-refractivity contribution in [3.05, 3.63) is 11.7 Å². The highest BCUT2D eigenvalue weighted by molar-refractivity contribution is 5.71. The van der Waals surface area contributed by atoms with Crippen molar-refractivity contribution < 1.29 is 23.6 Å². The van der Waals surface area contributed by atoms with Crippen LogP contribution in [0.5, 0.6) is 0 Å². The summed E-state index contributed by atoms with van der Waals surface area (Å²) in [6, 6.07) is 0. The molecule has 0 radical (unpaired) electrons. The van der Waals surface area contributed by atoms with E-state index in [2.05, 4.69) is 20.2 Å². The third-order valence-corrected chi connectivity index (χ3v) is 5.34. The summed E-state index contributed by atoms with van der Waals surface area (Å²) in [4.78, 5) is 28.1. The maximum Gasteiger partial charge on any atom is 0.319 e. The molecule has 1 aliphatic rings. The smallest absolute Gasteiger partial charge is 0.319 e. The highest BCUT2D eigenvalue weighted by atomic mass is 16.6. The summed E-state index contributed by atoms with van der Waals surface area (Å²) in [6.07, 6.45) is 9.87. The van der Waals surface area contributed by atoms with Crippen LogP contribution in [0.3, 0.4) is 0 Å². The maximum atomic E-state index is 12.4. The summed E-state index contributed by atoms with van der Waals surface area (Å²) in [5.74, 6) is 0.930. The van der Waals surface area contributed by atoms with E-state index in [9.17, 15) is 9.59 Å². The van der Waals surface area contributed by atoms with E-state index in [-0.39, 0.29) is 30.8 Å². The van der Waals surface area contributed by atoms with Crippen LogP contribution in [0, 0.1) is 5.92 Å². The summed E-state index contributed by atoms with van der Waals surface area (Å²) in [6.45, 7) is 5.95. The number of hydrogen-bond acceptors (Lipinski definition) is 8. The van der Waals surface area contributed by atoms with Gasteiger partial charge in [0.15, 0.2) is 5.82 Å². The van der Waals surface area contributed by atoms with Gasteiger partial charge in [0.2, 0.25) is 5.89 Å². The Hall–Kier alpha value is -1.96. The number of hydrogen-bond donors (Lipinski definition) is 1. The van der Waals surface area contributed by atoms with Gasteiger partial charge in [0.25, 0.3) is 0 Å². The van der Waals surface area contributed by atoms with Crippen LogP contribution in [0.2, 0.25) is 0 Å². The fraction of sp³-hybridized carbons (Fsp3) is 0.818. The largest absolute Gasteiger partial charge is 0.468 e. The van der Waals surface area contributed by atoms with Gasteiger partial charge in [0, 0.05) is 5.92 Å². The summed E-state index contributed by atoms with van der Waals surface area (Å²) in [5.41, 5.74) is -0.526. The lowest BCUT2D eigenvalue weighted by atomic mass is 9.84. The van der Waals surface area contributed by atoms with Crippen molar-refractivity contribution in [2.45, 2.75) is 96.6 Å². The van der Waals surface area contributed by atoms with Crippen LogP contribution in [0.4, 0.5) is 0 Å². The molecule has 1 atom stereocenters. The van der Waals surface area contributed by atoms with Crippen LogP contribution < -0.4 is 5.32 Å². The molecule has 0 unspecified atom stereocenters. The van der Waals surface area contributed by atoms with Crippen molar-refractivity contribution in [3.8, 4) is 0 Å². The van der Waals surface area contributed by atoms with E-state index in [1.807, 2.05) is 20.8 Å². The minimum atomic E-state index is -0.526. The lowest BCUT2D eigenvalue weighted by Gasteiger charge is -2.23. The van der Waals surface area contributed by atoms with Crippen molar-refractivity contribution in [1.82, 2.24) is 15.5 Å². The van der Waals surface area contributed by atoms with Gasteiger partial charge in [-0.15, -0.1) is 0 Å². The predicted molar refractivity (Wildman–Crippen MR) is 112 cm³/mol. The molecule has 0 bridgehead atoms. The monoisotopic (exact) mass is 423 g/mol. The van der Waals surface area contributed by atoms with Crippen LogP contribution in [0.1, 0.15) is 96.2 Å². The van der Waals surface area contributed by atoms with Gasteiger partial charge in [0.05, 0.1) is 26.6 Å². The minimum absolute atomic E-state index is 0.0725. The molecule has 1 aromatic rings. The summed E-state index contributed by atoms with van der Waals surface area (Å²) in [7, 11) is 1.34. The molecular weight excluding hydrogens is 386 g/mol. The predicted octanol–water partition coefficient (Wildman–Crippen LogP) is 3.90. The molecule has 1 aromatic heterocycles. The first kappa shape index (κ1) is 24.3. The van der Waals surface area contributed by atoms with E-state index in [1.54, 1.807) is 0 Å². The molecule has 1 fully saturated rings. The SMILES string of the molecule is COC(=O)CNCc1noc([C@H](CCCC2CCCCC2)CC(=O)OC(C)(C)C)n1. The summed E-state index contributed by atoms with van der Waals surface area (Å²) >= 11 is 0. The zero-order valence-electron chi connectivity index (χ0n) is 18.9. The number of nitrogens with one attached hydrogen (secondary N) is 1. The number of aromatic nitrogens is 2. The number of nitrogens with zero attached hydrogens (tertiary/aromatic N) is 2. The van der Waals surface area contributed by atoms with Crippen LogP contribution in [-0.2, 0) is 25.6 Å². The summed E-state index contributed by atoms with van der Waals surface area (Å²) in [5, 5.41) is 6.90. The molecule has 8 nitrogen and oxygen atoms in total. The van der Waals surface area contributed by atoms with Gasteiger partial charge in [-0.3, -0.25) is 14.9 Å². The lowest BCUT2D eigenvalue weighted by Crippen LogP contribution is -2.25. The van der Waals surface area contributed by atoms with Gasteiger partial charge in [-0.2, -0.15) is 4.98 Å². The molecule has 0 amide bonds. The fourth-order valence-corrected chi connectivity index (χ4v) is 3.88. The molecule has 8 heteroatoms. The molecular formula is C22H37N3O5. The Kier molecular flexibility index (Phi) is 9.75. The third-order valence-electron chi connectivity index (χ3n) is 5.34. The second-order valence-corrected chi connectivity index (χ2v) is 9.15. The van der Waals surface area contributed by atoms with Crippen LogP contribution in [0.25, 0.3) is 0 Å². The van der Waals surface area contributed by atoms with Crippen molar-refractivity contribution in [2.75, 3.05) is 13.7 Å². The number of ether oxygens (including phenoxy) is 2. The maximum absolute atomic E-state index is 12.4. The quantitative estimate of drug-likeness (QED) is 0.535. The second-order valence-electron chi connectivity index (χ2n) is 9.15. The number of carbonyl (C=O) groups is 2. The Balaban J connectivity index is 1.93. The standard InChI is InChI=1S/C22H37N3O5/c1-22(2,3)29-19(26)13-17(12-8-11-16-9-6-5-7-10-16)21-24-18(25-30-21)14-23-15-20(27)28-4/h16-17,23H,5-15H2,1-4H3/t17-/m1/s1. The van der Waals surface area contributed by atoms with Crippen molar-refractivity contribution in [3.63, 3.8) is 0 Å². The zero-order chi connectivity index (χ0) is 22.0. The van der Waals surface area contributed by atoms with E-state index < -0.39 is 5.60 Å². The van der Waals surface area contributed by atoms with Gasteiger partial charge in [0.1, 0.15) is 5.60 Å². The van der Waals surface area contributed by atoms with Crippen molar-refractivity contribution in [2.24, 2.45) is 5.92 Å². The first-order valence-corrected chi connectivity index (χ1v) is 11.1. The van der Waals surface area contributed by atoms with E-state index in [0.717, 1.165) is 18.8 Å². The number of esters is 2. The Morgan fingerprint density at radius 2 is 1.93 bits per heavy atom. The Morgan fingerprint density at radius 3 is 2.60 bits per heavy atom. The molecule has 1 aliphatic carbocycles. The van der Waals surface area contributed by atoms with E-state index >= 15 is 0 Å². The molecule has 1 saturated carbocycles. The highest BCUT2D eigenvalue weighted by Gasteiger charge is 2.26. The molecule has 1 N–H and O–H groups in total. The highest BCUT2D eigenvalue weighted by Crippen LogP contribution is 2.31. The molecule has 170 valence electrons. The molecule has 0 aromatic carbocycles. The number of carbonyl (C=O) groups excluding carboxylic acids is 2. The third kappa shape index (κ3) is 9.24. The van der Waals surface area contributed by atoms with Crippen LogP contribution in [-0.4, -0.2) is 41.3 Å². The minimum Gasteiger partial charge on any atom is -0.468 e. The van der Waals surface area contributed by atoms with Gasteiger partial charge in [-0.25, -0.2) is 0 Å². The van der Waals surface area contributed by atoms with Gasteiger partial charge >= 0.3 is 11.9 Å². The lowest BCUT2D eigenvalue weighted by molar-refractivity contribution is -0.155. The average Bonchev–Trinajstić information content (AvgIpc) is 3.15. The number of methoxy groups -OCH3 is 1. The topological polar surface area (TPSA) is 104 Å². The van der Waals surface area contributed by atoms with E-state index in [4.69, 9.17) is 9.26 Å². The first-order chi connectivity index (χ1) is 14.3. The number of rotatable bonds is 11. The molecule has 0 aliphatic heterocycles. The van der Waals surface area contributed by atoms with Crippen LogP contribution in [0.15, 0.2) is 4.52 Å². The average molecular weight is 424 g/mol. The zero-order valence-corrected chi connectivity index (χ0v) is 18.9. The van der Waals surface area contributed by atoms with E-state index in [1.165, 1.54) is 45.6 Å². The Labute approximate surface area is 179 Å². The second kappa shape index (κ2) is 12.0.